The minimum Gasteiger partial charge on any atom is -0.481 e. The highest BCUT2D eigenvalue weighted by Gasteiger charge is 2.45. The molecule has 1 aliphatic rings. The number of rotatable bonds is 4. The molecular weight excluding hydrogens is 320 g/mol. The summed E-state index contributed by atoms with van der Waals surface area (Å²) in [6.07, 6.45) is 6.87. The first-order valence-corrected chi connectivity index (χ1v) is 8.23. The van der Waals surface area contributed by atoms with Crippen LogP contribution in [0.25, 0.3) is 0 Å². The van der Waals surface area contributed by atoms with Gasteiger partial charge in [0, 0.05) is 37.1 Å². The molecule has 3 heterocycles. The fourth-order valence-electron chi connectivity index (χ4n) is 3.16. The average molecular weight is 342 g/mol. The predicted octanol–water partition coefficient (Wildman–Crippen LogP) is 2.21. The molecule has 25 heavy (non-hydrogen) atoms. The number of nitrogens with zero attached hydrogens (tertiary/aromatic N) is 4. The number of pyridine rings is 1. The van der Waals surface area contributed by atoms with Crippen molar-refractivity contribution < 1.29 is 14.7 Å². The molecule has 1 amide bonds. The third-order valence-electron chi connectivity index (χ3n) is 4.46. The third kappa shape index (κ3) is 3.40. The molecule has 2 aromatic heterocycles. The first-order chi connectivity index (χ1) is 11.8. The van der Waals surface area contributed by atoms with Gasteiger partial charge in [0.1, 0.15) is 0 Å². The van der Waals surface area contributed by atoms with E-state index in [0.29, 0.717) is 6.54 Å². The summed E-state index contributed by atoms with van der Waals surface area (Å²) in [5.41, 5.74) is 1.40. The Bertz CT molecular complexity index is 779. The Balaban J connectivity index is 1.96. The van der Waals surface area contributed by atoms with Crippen molar-refractivity contribution in [2.45, 2.75) is 45.3 Å². The van der Waals surface area contributed by atoms with Gasteiger partial charge in [0.05, 0.1) is 23.7 Å². The first kappa shape index (κ1) is 17.1. The second-order valence-electron chi connectivity index (χ2n) is 7.37. The van der Waals surface area contributed by atoms with Crippen molar-refractivity contribution in [1.29, 1.82) is 0 Å². The summed E-state index contributed by atoms with van der Waals surface area (Å²) in [5, 5.41) is 14.0. The van der Waals surface area contributed by atoms with Gasteiger partial charge < -0.3 is 10.0 Å². The molecule has 0 bridgehead atoms. The highest BCUT2D eigenvalue weighted by molar-refractivity contribution is 5.87. The van der Waals surface area contributed by atoms with E-state index in [-0.39, 0.29) is 17.9 Å². The lowest BCUT2D eigenvalue weighted by Gasteiger charge is -2.26. The maximum atomic E-state index is 12.5. The van der Waals surface area contributed by atoms with E-state index in [2.05, 4.69) is 10.1 Å². The van der Waals surface area contributed by atoms with Gasteiger partial charge in [-0.05, 0) is 32.4 Å². The van der Waals surface area contributed by atoms with Gasteiger partial charge in [0.2, 0.25) is 5.91 Å². The second kappa shape index (κ2) is 6.31. The Morgan fingerprint density at radius 2 is 2.12 bits per heavy atom. The number of aromatic nitrogens is 3. The van der Waals surface area contributed by atoms with Crippen molar-refractivity contribution in [3.63, 3.8) is 0 Å². The van der Waals surface area contributed by atoms with Crippen molar-refractivity contribution in [2.75, 3.05) is 0 Å². The van der Waals surface area contributed by atoms with E-state index in [9.17, 15) is 14.7 Å². The molecule has 0 spiro atoms. The average Bonchev–Trinajstić information content (AvgIpc) is 3.14. The van der Waals surface area contributed by atoms with Gasteiger partial charge in [-0.2, -0.15) is 5.10 Å². The molecule has 7 heteroatoms. The molecular formula is C18H22N4O3. The molecule has 0 aromatic carbocycles. The normalized spacial score (nSPS) is 20.9. The van der Waals surface area contributed by atoms with Crippen LogP contribution < -0.4 is 0 Å². The number of carboxylic acid groups (broad SMARTS) is 1. The van der Waals surface area contributed by atoms with Crippen LogP contribution in [0.5, 0.6) is 0 Å². The monoisotopic (exact) mass is 342 g/mol. The van der Waals surface area contributed by atoms with Crippen LogP contribution in [0, 0.1) is 5.92 Å². The fourth-order valence-corrected chi connectivity index (χ4v) is 3.16. The van der Waals surface area contributed by atoms with Gasteiger partial charge in [-0.25, -0.2) is 0 Å². The number of hydrogen-bond acceptors (Lipinski definition) is 4. The summed E-state index contributed by atoms with van der Waals surface area (Å²) in [6, 6.07) is 3.16. The summed E-state index contributed by atoms with van der Waals surface area (Å²) in [5.74, 6) is -1.90. The van der Waals surface area contributed by atoms with E-state index in [1.165, 1.54) is 0 Å². The molecule has 7 nitrogen and oxygen atoms in total. The molecule has 1 aliphatic heterocycles. The number of aliphatic carboxylic acids is 1. The third-order valence-corrected chi connectivity index (χ3v) is 4.46. The standard InChI is InChI=1S/C18H22N4O3/c1-18(2,3)22-11-13(9-20-22)16-14(17(24)25)7-15(23)21(16)10-12-5-4-6-19-8-12/h4-6,8-9,11,14,16H,7,10H2,1-3H3,(H,24,25). The molecule has 1 saturated heterocycles. The van der Waals surface area contributed by atoms with Gasteiger partial charge in [-0.15, -0.1) is 0 Å². The summed E-state index contributed by atoms with van der Waals surface area (Å²) in [4.78, 5) is 29.9. The van der Waals surface area contributed by atoms with Gasteiger partial charge in [0.25, 0.3) is 0 Å². The highest BCUT2D eigenvalue weighted by Crippen LogP contribution is 2.39. The van der Waals surface area contributed by atoms with Gasteiger partial charge >= 0.3 is 5.97 Å². The van der Waals surface area contributed by atoms with E-state index in [4.69, 9.17) is 0 Å². The number of likely N-dealkylation sites (tertiary alicyclic amines) is 1. The predicted molar refractivity (Wildman–Crippen MR) is 90.5 cm³/mol. The maximum Gasteiger partial charge on any atom is 0.309 e. The summed E-state index contributed by atoms with van der Waals surface area (Å²) >= 11 is 0. The SMILES string of the molecule is CC(C)(C)n1cc(C2C(C(=O)O)CC(=O)N2Cc2cccnc2)cn1. The van der Waals surface area contributed by atoms with Crippen LogP contribution in [-0.2, 0) is 21.7 Å². The molecule has 0 radical (unpaired) electrons. The zero-order valence-electron chi connectivity index (χ0n) is 14.6. The Morgan fingerprint density at radius 1 is 1.36 bits per heavy atom. The maximum absolute atomic E-state index is 12.5. The van der Waals surface area contributed by atoms with E-state index in [0.717, 1.165) is 11.1 Å². The van der Waals surface area contributed by atoms with Crippen molar-refractivity contribution in [1.82, 2.24) is 19.7 Å². The van der Waals surface area contributed by atoms with E-state index < -0.39 is 17.9 Å². The smallest absolute Gasteiger partial charge is 0.309 e. The fraction of sp³-hybridized carbons (Fsp3) is 0.444. The van der Waals surface area contributed by atoms with Crippen LogP contribution in [0.1, 0.15) is 44.4 Å². The highest BCUT2D eigenvalue weighted by atomic mass is 16.4. The van der Waals surface area contributed by atoms with Crippen LogP contribution in [0.15, 0.2) is 36.9 Å². The van der Waals surface area contributed by atoms with E-state index in [1.807, 2.05) is 33.0 Å². The summed E-state index contributed by atoms with van der Waals surface area (Å²) < 4.78 is 1.80. The van der Waals surface area contributed by atoms with Crippen LogP contribution in [-0.4, -0.2) is 36.6 Å². The zero-order valence-corrected chi connectivity index (χ0v) is 14.6. The zero-order chi connectivity index (χ0) is 18.2. The number of carbonyl (C=O) groups excluding carboxylic acids is 1. The topological polar surface area (TPSA) is 88.3 Å². The Labute approximate surface area is 146 Å². The molecule has 0 aliphatic carbocycles. The lowest BCUT2D eigenvalue weighted by molar-refractivity contribution is -0.142. The quantitative estimate of drug-likeness (QED) is 0.920. The minimum atomic E-state index is -0.962. The molecule has 1 N–H and O–H groups in total. The number of amides is 1. The van der Waals surface area contributed by atoms with E-state index >= 15 is 0 Å². The van der Waals surface area contributed by atoms with Crippen molar-refractivity contribution in [3.05, 3.63) is 48.0 Å². The van der Waals surface area contributed by atoms with E-state index in [1.54, 1.807) is 34.2 Å². The number of carbonyl (C=O) groups is 2. The second-order valence-corrected chi connectivity index (χ2v) is 7.37. The lowest BCUT2D eigenvalue weighted by atomic mass is 9.95. The largest absolute Gasteiger partial charge is 0.481 e. The summed E-state index contributed by atoms with van der Waals surface area (Å²) in [7, 11) is 0. The van der Waals surface area contributed by atoms with Gasteiger partial charge in [0.15, 0.2) is 0 Å². The first-order valence-electron chi connectivity index (χ1n) is 8.23. The van der Waals surface area contributed by atoms with Gasteiger partial charge in [-0.1, -0.05) is 6.07 Å². The number of hydrogen-bond donors (Lipinski definition) is 1. The number of carboxylic acids is 1. The van der Waals surface area contributed by atoms with Crippen molar-refractivity contribution in [2.24, 2.45) is 5.92 Å². The Kier molecular flexibility index (Phi) is 4.32. The van der Waals surface area contributed by atoms with Crippen LogP contribution >= 0.6 is 0 Å². The van der Waals surface area contributed by atoms with Gasteiger partial charge in [-0.3, -0.25) is 19.3 Å². The molecule has 1 fully saturated rings. The molecule has 0 saturated carbocycles. The van der Waals surface area contributed by atoms with Crippen molar-refractivity contribution >= 4 is 11.9 Å². The summed E-state index contributed by atoms with van der Waals surface area (Å²) in [6.45, 7) is 6.39. The van der Waals surface area contributed by atoms with Crippen LogP contribution in [0.4, 0.5) is 0 Å². The molecule has 132 valence electrons. The minimum absolute atomic E-state index is 0.000952. The molecule has 2 aromatic rings. The molecule has 2 unspecified atom stereocenters. The lowest BCUT2D eigenvalue weighted by Crippen LogP contribution is -2.30. The van der Waals surface area contributed by atoms with Crippen LogP contribution in [0.3, 0.4) is 0 Å². The van der Waals surface area contributed by atoms with Crippen molar-refractivity contribution in [3.8, 4) is 0 Å². The molecule has 3 rings (SSSR count). The molecule has 2 atom stereocenters. The van der Waals surface area contributed by atoms with Crippen LogP contribution in [0.2, 0.25) is 0 Å². The Morgan fingerprint density at radius 3 is 2.68 bits per heavy atom. The Hall–Kier alpha value is -2.70.